The van der Waals surface area contributed by atoms with Crippen LogP contribution in [0.1, 0.15) is 84.7 Å². The van der Waals surface area contributed by atoms with E-state index < -0.39 is 77.4 Å². The number of imidazole rings is 2. The second kappa shape index (κ2) is 23.0. The molecule has 11 N–H and O–H groups in total. The van der Waals surface area contributed by atoms with Crippen molar-refractivity contribution < 1.29 is 33.5 Å². The molecule has 2 aromatic heterocycles. The van der Waals surface area contributed by atoms with Crippen molar-refractivity contribution in [3.05, 3.63) is 72.3 Å². The number of amides is 6. The van der Waals surface area contributed by atoms with Crippen molar-refractivity contribution in [1.29, 1.82) is 0 Å². The minimum absolute atomic E-state index is 0.00967. The molecule has 59 heavy (non-hydrogen) atoms. The number of nitrogens with two attached hydrogens (primary N) is 2. The predicted octanol–water partition coefficient (Wildman–Crippen LogP) is 1.54. The fourth-order valence-electron chi connectivity index (χ4n) is 6.43. The van der Waals surface area contributed by atoms with Crippen LogP contribution in [0.2, 0.25) is 0 Å². The summed E-state index contributed by atoms with van der Waals surface area (Å²) in [4.78, 5) is 94.5. The summed E-state index contributed by atoms with van der Waals surface area (Å²) in [5, 5.41) is 14.1. The van der Waals surface area contributed by atoms with Crippen LogP contribution < -0.4 is 38.1 Å². The average molecular weight is 822 g/mol. The number of benzene rings is 1. The number of aromatic nitrogens is 4. The van der Waals surface area contributed by atoms with E-state index in [9.17, 15) is 28.8 Å². The highest BCUT2D eigenvalue weighted by Crippen LogP contribution is 2.19. The summed E-state index contributed by atoms with van der Waals surface area (Å²) < 4.78 is 5.44. The van der Waals surface area contributed by atoms with E-state index in [1.807, 2.05) is 58.0 Å². The Morgan fingerprint density at radius 1 is 0.763 bits per heavy atom. The lowest BCUT2D eigenvalue weighted by Gasteiger charge is -2.31. The van der Waals surface area contributed by atoms with Gasteiger partial charge in [-0.2, -0.15) is 0 Å². The second-order valence-electron chi connectivity index (χ2n) is 16.4. The van der Waals surface area contributed by atoms with Gasteiger partial charge in [-0.1, -0.05) is 64.4 Å². The Morgan fingerprint density at radius 3 is 1.83 bits per heavy atom. The second-order valence-corrected chi connectivity index (χ2v) is 16.4. The third kappa shape index (κ3) is 16.5. The number of hydrogen-bond donors (Lipinski definition) is 9. The van der Waals surface area contributed by atoms with Crippen LogP contribution in [-0.4, -0.2) is 97.9 Å². The van der Waals surface area contributed by atoms with Gasteiger partial charge in [-0.15, -0.1) is 0 Å². The van der Waals surface area contributed by atoms with E-state index in [0.717, 1.165) is 5.56 Å². The molecule has 0 aliphatic heterocycles. The van der Waals surface area contributed by atoms with Gasteiger partial charge >= 0.3 is 6.09 Å². The molecular formula is C41H63N11O7. The third-order valence-corrected chi connectivity index (χ3v) is 9.73. The van der Waals surface area contributed by atoms with E-state index in [1.165, 1.54) is 25.0 Å². The number of carbonyl (C=O) groups excluding carboxylic acids is 6. The van der Waals surface area contributed by atoms with Gasteiger partial charge in [-0.05, 0) is 51.1 Å². The summed E-state index contributed by atoms with van der Waals surface area (Å²) in [5.74, 6) is -3.79. The first kappa shape index (κ1) is 47.6. The lowest BCUT2D eigenvalue weighted by molar-refractivity contribution is -0.133. The lowest BCUT2D eigenvalue weighted by Crippen LogP contribution is -2.58. The molecule has 3 aromatic rings. The van der Waals surface area contributed by atoms with E-state index in [1.54, 1.807) is 20.8 Å². The number of alkyl carbamates (subject to hydrolysis) is 1. The Hall–Kier alpha value is -5.78. The van der Waals surface area contributed by atoms with Crippen LogP contribution in [0.3, 0.4) is 0 Å². The van der Waals surface area contributed by atoms with E-state index in [0.29, 0.717) is 24.2 Å². The zero-order valence-corrected chi connectivity index (χ0v) is 35.2. The van der Waals surface area contributed by atoms with E-state index in [-0.39, 0.29) is 44.1 Å². The van der Waals surface area contributed by atoms with Crippen molar-refractivity contribution >= 4 is 35.6 Å². The van der Waals surface area contributed by atoms with Crippen LogP contribution in [0.5, 0.6) is 0 Å². The Balaban J connectivity index is 1.82. The third-order valence-electron chi connectivity index (χ3n) is 9.73. The fourth-order valence-corrected chi connectivity index (χ4v) is 6.43. The molecule has 0 saturated heterocycles. The van der Waals surface area contributed by atoms with Crippen LogP contribution in [0.15, 0.2) is 55.4 Å². The minimum Gasteiger partial charge on any atom is -0.444 e. The Kier molecular flexibility index (Phi) is 18.5. The quantitative estimate of drug-likeness (QED) is 0.0665. The van der Waals surface area contributed by atoms with Gasteiger partial charge in [0.05, 0.1) is 12.7 Å². The van der Waals surface area contributed by atoms with Gasteiger partial charge < -0.3 is 52.8 Å². The number of rotatable bonds is 23. The number of nitrogens with zero attached hydrogens (tertiary/aromatic N) is 2. The van der Waals surface area contributed by atoms with Crippen LogP contribution in [0.25, 0.3) is 0 Å². The fraction of sp³-hybridized carbons (Fsp3) is 0.561. The summed E-state index contributed by atoms with van der Waals surface area (Å²) in [6, 6.07) is 4.21. The first-order chi connectivity index (χ1) is 27.9. The number of H-pyrrole nitrogens is 2. The van der Waals surface area contributed by atoms with Gasteiger partial charge in [-0.25, -0.2) is 14.8 Å². The molecule has 6 amide bonds. The zero-order valence-electron chi connectivity index (χ0n) is 35.2. The maximum absolute atomic E-state index is 14.3. The number of nitrogens with one attached hydrogen (secondary N) is 7. The lowest BCUT2D eigenvalue weighted by atomic mass is 9.88. The number of ether oxygens (including phenoxy) is 1. The summed E-state index contributed by atoms with van der Waals surface area (Å²) in [6.07, 6.45) is 6.25. The molecule has 0 aliphatic rings. The van der Waals surface area contributed by atoms with E-state index in [4.69, 9.17) is 16.2 Å². The number of carbonyl (C=O) groups is 6. The molecule has 7 atom stereocenters. The number of aromatic amines is 2. The van der Waals surface area contributed by atoms with Crippen molar-refractivity contribution in [1.82, 2.24) is 46.5 Å². The average Bonchev–Trinajstić information content (AvgIpc) is 3.89. The van der Waals surface area contributed by atoms with Gasteiger partial charge in [0.25, 0.3) is 0 Å². The number of hydrogen-bond acceptors (Lipinski definition) is 10. The molecule has 0 saturated carbocycles. The molecule has 0 radical (unpaired) electrons. The summed E-state index contributed by atoms with van der Waals surface area (Å²) in [7, 11) is 0. The smallest absolute Gasteiger partial charge is 0.408 e. The van der Waals surface area contributed by atoms with Crippen molar-refractivity contribution in [2.75, 3.05) is 6.54 Å². The van der Waals surface area contributed by atoms with Gasteiger partial charge in [0.1, 0.15) is 29.8 Å². The summed E-state index contributed by atoms with van der Waals surface area (Å²) >= 11 is 0. The van der Waals surface area contributed by atoms with Crippen LogP contribution in [0, 0.1) is 17.8 Å². The molecule has 3 rings (SSSR count). The summed E-state index contributed by atoms with van der Waals surface area (Å²) in [5.41, 5.74) is 13.0. The largest absolute Gasteiger partial charge is 0.444 e. The van der Waals surface area contributed by atoms with Crippen molar-refractivity contribution in [2.45, 2.75) is 123 Å². The van der Waals surface area contributed by atoms with Crippen molar-refractivity contribution in [3.63, 3.8) is 0 Å². The highest BCUT2D eigenvalue weighted by molar-refractivity contribution is 5.93. The number of primary amides is 1. The Labute approximate surface area is 345 Å². The van der Waals surface area contributed by atoms with Crippen molar-refractivity contribution in [3.8, 4) is 0 Å². The van der Waals surface area contributed by atoms with Crippen molar-refractivity contribution in [2.24, 2.45) is 29.2 Å². The monoisotopic (exact) mass is 821 g/mol. The molecule has 18 nitrogen and oxygen atoms in total. The normalized spacial score (nSPS) is 15.1. The molecule has 0 unspecified atom stereocenters. The molecule has 0 spiro atoms. The van der Waals surface area contributed by atoms with Gasteiger partial charge in [-0.3, -0.25) is 24.0 Å². The Bertz CT molecular complexity index is 1780. The van der Waals surface area contributed by atoms with Crippen LogP contribution >= 0.6 is 0 Å². The maximum atomic E-state index is 14.3. The molecule has 0 aliphatic carbocycles. The SMILES string of the molecule is CC[C@H](C)[C@H](NC(=O)C[C@H](CN)[C@H](CC(C)C)NC(=O)[C@H](Cc1cnc[nH]1)NC(=O)[C@H](Cc1ccccc1)NC(=O)OC(C)(C)C)C(=O)N[C@@H](Cc1cnc[nH]1)C(N)=O. The van der Waals surface area contributed by atoms with Gasteiger partial charge in [0, 0.05) is 61.4 Å². The molecule has 0 bridgehead atoms. The van der Waals surface area contributed by atoms with E-state index in [2.05, 4.69) is 46.5 Å². The highest BCUT2D eigenvalue weighted by atomic mass is 16.6. The van der Waals surface area contributed by atoms with Crippen LogP contribution in [0.4, 0.5) is 4.79 Å². The molecule has 324 valence electrons. The Morgan fingerprint density at radius 2 is 1.32 bits per heavy atom. The topological polar surface area (TPSA) is 281 Å². The summed E-state index contributed by atoms with van der Waals surface area (Å²) in [6.45, 7) is 12.8. The molecule has 18 heteroatoms. The molecule has 1 aromatic carbocycles. The highest BCUT2D eigenvalue weighted by Gasteiger charge is 2.34. The molecular weight excluding hydrogens is 759 g/mol. The predicted molar refractivity (Wildman–Crippen MR) is 221 cm³/mol. The standard InChI is InChI=1S/C41H63N11O7/c1-8-25(4)35(39(57)49-31(36(43)54)17-28-20-44-22-46-28)52-34(53)16-27(19-42)30(14-24(2)3)48-38(56)33(18-29-21-45-23-47-29)50-37(55)32(15-26-12-10-9-11-13-26)51-40(58)59-41(5,6)7/h9-13,20-25,27,30-33,35H,8,14-19,42H2,1-7H3,(H2,43,54)(H,44,46)(H,45,47)(H,48,56)(H,49,57)(H,50,55)(H,51,58)(H,52,53)/t25-,27+,30-,31-,32-,33-,35-/m0/s1. The van der Waals surface area contributed by atoms with Gasteiger partial charge in [0.15, 0.2) is 0 Å². The van der Waals surface area contributed by atoms with Crippen LogP contribution in [-0.2, 0) is 48.0 Å². The minimum atomic E-state index is -1.14. The van der Waals surface area contributed by atoms with E-state index >= 15 is 0 Å². The first-order valence-corrected chi connectivity index (χ1v) is 20.1. The molecule has 0 fully saturated rings. The maximum Gasteiger partial charge on any atom is 0.408 e. The first-order valence-electron chi connectivity index (χ1n) is 20.1. The van der Waals surface area contributed by atoms with Gasteiger partial charge in [0.2, 0.25) is 29.5 Å². The zero-order chi connectivity index (χ0) is 43.7. The molecule has 2 heterocycles.